The molecule has 1 aromatic carbocycles. The number of pyridine rings is 2. The maximum Gasteiger partial charge on any atom is 0.248 e. The van der Waals surface area contributed by atoms with Crippen molar-refractivity contribution in [2.75, 3.05) is 48.8 Å². The number of halogens is 1. The second-order valence-electron chi connectivity index (χ2n) is 8.64. The average molecular weight is 501 g/mol. The van der Waals surface area contributed by atoms with Crippen LogP contribution in [0.2, 0.25) is 0 Å². The van der Waals surface area contributed by atoms with Gasteiger partial charge in [-0.25, -0.2) is 14.4 Å². The van der Waals surface area contributed by atoms with Crippen LogP contribution in [0.4, 0.5) is 27.5 Å². The van der Waals surface area contributed by atoms with Crippen LogP contribution < -0.4 is 21.0 Å². The van der Waals surface area contributed by atoms with Gasteiger partial charge in [0.15, 0.2) is 11.1 Å². The van der Waals surface area contributed by atoms with E-state index < -0.39 is 5.91 Å². The fourth-order valence-corrected chi connectivity index (χ4v) is 4.10. The highest BCUT2D eigenvalue weighted by atomic mass is 19.1. The monoisotopic (exact) mass is 500 g/mol. The summed E-state index contributed by atoms with van der Waals surface area (Å²) < 4.78 is 16.6. The lowest BCUT2D eigenvalue weighted by atomic mass is 10.2. The van der Waals surface area contributed by atoms with Crippen molar-refractivity contribution in [1.82, 2.24) is 24.4 Å². The van der Waals surface area contributed by atoms with Gasteiger partial charge in [-0.2, -0.15) is 4.98 Å². The number of rotatable bonds is 6. The molecule has 0 spiro atoms. The number of nitrogens with zero attached hydrogens (tertiary/aromatic N) is 6. The fourth-order valence-electron chi connectivity index (χ4n) is 4.10. The number of hydrogen-bond donors (Lipinski definition) is 2. The van der Waals surface area contributed by atoms with Gasteiger partial charge in [-0.1, -0.05) is 12.6 Å². The van der Waals surface area contributed by atoms with Gasteiger partial charge in [0, 0.05) is 50.3 Å². The van der Waals surface area contributed by atoms with Crippen LogP contribution >= 0.6 is 0 Å². The summed E-state index contributed by atoms with van der Waals surface area (Å²) in [6, 6.07) is 11.4. The standard InChI is InChI=1S/C26H25FN8O2/c1-3-24(37)31-22-5-4-6-23(30-22)35-10-9-21(36)18-16-28-26(32-25(18)35)29-17-7-8-20(19(27)15-17)34-13-11-33(2)12-14-34/h3-10,15-16H,1,11-14H2,2H3,(H,28,29,32)(H,30,31,37). The Kier molecular flexibility index (Phi) is 6.60. The van der Waals surface area contributed by atoms with Crippen molar-refractivity contribution in [3.8, 4) is 5.82 Å². The summed E-state index contributed by atoms with van der Waals surface area (Å²) in [6.45, 7) is 6.72. The van der Waals surface area contributed by atoms with Gasteiger partial charge in [-0.15, -0.1) is 0 Å². The first kappa shape index (κ1) is 24.1. The van der Waals surface area contributed by atoms with E-state index in [1.807, 2.05) is 4.90 Å². The van der Waals surface area contributed by atoms with Crippen LogP contribution in [0.25, 0.3) is 16.9 Å². The second-order valence-corrected chi connectivity index (χ2v) is 8.64. The topological polar surface area (TPSA) is 108 Å². The number of likely N-dealkylation sites (N-methyl/N-ethyl adjacent to an activating group) is 1. The van der Waals surface area contributed by atoms with E-state index in [-0.39, 0.29) is 22.6 Å². The maximum absolute atomic E-state index is 15.0. The van der Waals surface area contributed by atoms with Crippen LogP contribution in [0.15, 0.2) is 72.3 Å². The van der Waals surface area contributed by atoms with Gasteiger partial charge in [0.05, 0.1) is 11.1 Å². The maximum atomic E-state index is 15.0. The molecular weight excluding hydrogens is 475 g/mol. The summed E-state index contributed by atoms with van der Waals surface area (Å²) in [4.78, 5) is 41.6. The van der Waals surface area contributed by atoms with Crippen molar-refractivity contribution in [2.24, 2.45) is 0 Å². The molecule has 10 nitrogen and oxygen atoms in total. The van der Waals surface area contributed by atoms with Crippen molar-refractivity contribution in [3.63, 3.8) is 0 Å². The van der Waals surface area contributed by atoms with Crippen LogP contribution in [0, 0.1) is 5.82 Å². The lowest BCUT2D eigenvalue weighted by Gasteiger charge is -2.34. The number of hydrogen-bond acceptors (Lipinski definition) is 8. The van der Waals surface area contributed by atoms with E-state index in [2.05, 4.69) is 44.1 Å². The van der Waals surface area contributed by atoms with Crippen molar-refractivity contribution >= 4 is 40.1 Å². The van der Waals surface area contributed by atoms with E-state index in [1.165, 1.54) is 18.3 Å². The van der Waals surface area contributed by atoms with Gasteiger partial charge in [0.2, 0.25) is 11.9 Å². The Morgan fingerprint density at radius 1 is 1.11 bits per heavy atom. The average Bonchev–Trinajstić information content (AvgIpc) is 2.90. The molecule has 0 atom stereocenters. The minimum Gasteiger partial charge on any atom is -0.367 e. The van der Waals surface area contributed by atoms with Gasteiger partial charge in [0.25, 0.3) is 0 Å². The molecule has 3 aromatic heterocycles. The third-order valence-electron chi connectivity index (χ3n) is 6.10. The molecule has 1 aliphatic rings. The highest BCUT2D eigenvalue weighted by molar-refractivity contribution is 5.98. The molecule has 4 heterocycles. The van der Waals surface area contributed by atoms with Gasteiger partial charge in [-0.05, 0) is 43.5 Å². The SMILES string of the molecule is C=CC(=O)Nc1cccc(-n2ccc(=O)c3cnc(Nc4ccc(N5CCN(C)CC5)c(F)c4)nc32)n1. The number of fused-ring (bicyclic) bond motifs is 1. The number of anilines is 4. The highest BCUT2D eigenvalue weighted by Crippen LogP contribution is 2.25. The Morgan fingerprint density at radius 3 is 2.68 bits per heavy atom. The molecular formula is C26H25FN8O2. The van der Waals surface area contributed by atoms with Crippen molar-refractivity contribution < 1.29 is 9.18 Å². The lowest BCUT2D eigenvalue weighted by Crippen LogP contribution is -2.44. The Labute approximate surface area is 212 Å². The quantitative estimate of drug-likeness (QED) is 0.389. The summed E-state index contributed by atoms with van der Waals surface area (Å²) in [5.74, 6) is 0.204. The zero-order valence-electron chi connectivity index (χ0n) is 20.2. The fraction of sp³-hybridized carbons (Fsp3) is 0.192. The second kappa shape index (κ2) is 10.2. The largest absolute Gasteiger partial charge is 0.367 e. The number of carbonyl (C=O) groups is 1. The summed E-state index contributed by atoms with van der Waals surface area (Å²) in [5, 5.41) is 5.92. The first-order valence-corrected chi connectivity index (χ1v) is 11.7. The molecule has 0 unspecified atom stereocenters. The Hall–Kier alpha value is -4.64. The summed E-state index contributed by atoms with van der Waals surface area (Å²) in [7, 11) is 2.05. The lowest BCUT2D eigenvalue weighted by molar-refractivity contribution is -0.111. The Morgan fingerprint density at radius 2 is 1.92 bits per heavy atom. The summed E-state index contributed by atoms with van der Waals surface area (Å²) in [6.07, 6.45) is 4.12. The molecule has 0 bridgehead atoms. The first-order valence-electron chi connectivity index (χ1n) is 11.7. The molecule has 0 aliphatic carbocycles. The number of piperazine rings is 1. The molecule has 37 heavy (non-hydrogen) atoms. The minimum atomic E-state index is -0.394. The van der Waals surface area contributed by atoms with Gasteiger partial charge < -0.3 is 20.4 Å². The molecule has 5 rings (SSSR count). The number of aromatic nitrogens is 4. The first-order chi connectivity index (χ1) is 17.9. The number of carbonyl (C=O) groups excluding carboxylic acids is 1. The summed E-state index contributed by atoms with van der Waals surface area (Å²) in [5.41, 5.74) is 1.09. The molecule has 4 aromatic rings. The molecule has 1 saturated heterocycles. The van der Waals surface area contributed by atoms with E-state index >= 15 is 0 Å². The third-order valence-corrected chi connectivity index (χ3v) is 6.10. The van der Waals surface area contributed by atoms with Crippen LogP contribution in [-0.2, 0) is 4.79 Å². The van der Waals surface area contributed by atoms with Crippen LogP contribution in [0.3, 0.4) is 0 Å². The smallest absolute Gasteiger partial charge is 0.248 e. The molecule has 1 aliphatic heterocycles. The van der Waals surface area contributed by atoms with Crippen molar-refractivity contribution in [3.05, 3.63) is 83.6 Å². The molecule has 1 fully saturated rings. The third kappa shape index (κ3) is 5.16. The van der Waals surface area contributed by atoms with Gasteiger partial charge in [0.1, 0.15) is 17.5 Å². The zero-order chi connectivity index (χ0) is 25.9. The molecule has 188 valence electrons. The number of nitrogens with one attached hydrogen (secondary N) is 2. The van der Waals surface area contributed by atoms with E-state index in [1.54, 1.807) is 41.1 Å². The van der Waals surface area contributed by atoms with Crippen molar-refractivity contribution in [1.29, 1.82) is 0 Å². The van der Waals surface area contributed by atoms with E-state index in [4.69, 9.17) is 0 Å². The minimum absolute atomic E-state index is 0.190. The molecule has 0 saturated carbocycles. The molecule has 1 amide bonds. The zero-order valence-corrected chi connectivity index (χ0v) is 20.2. The van der Waals surface area contributed by atoms with Crippen LogP contribution in [0.1, 0.15) is 0 Å². The molecule has 11 heteroatoms. The van der Waals surface area contributed by atoms with Gasteiger partial charge >= 0.3 is 0 Å². The van der Waals surface area contributed by atoms with Crippen LogP contribution in [-0.4, -0.2) is 63.6 Å². The van der Waals surface area contributed by atoms with Crippen LogP contribution in [0.5, 0.6) is 0 Å². The molecule has 0 radical (unpaired) electrons. The number of amides is 1. The predicted molar refractivity (Wildman–Crippen MR) is 141 cm³/mol. The summed E-state index contributed by atoms with van der Waals surface area (Å²) >= 11 is 0. The number of benzene rings is 1. The Balaban J connectivity index is 1.45. The normalized spacial score (nSPS) is 13.9. The predicted octanol–water partition coefficient (Wildman–Crippen LogP) is 2.93. The highest BCUT2D eigenvalue weighted by Gasteiger charge is 2.18. The van der Waals surface area contributed by atoms with Gasteiger partial charge in [-0.3, -0.25) is 14.2 Å². The Bertz CT molecular complexity index is 1550. The van der Waals surface area contributed by atoms with E-state index in [9.17, 15) is 14.0 Å². The van der Waals surface area contributed by atoms with Crippen molar-refractivity contribution in [2.45, 2.75) is 0 Å². The van der Waals surface area contributed by atoms with E-state index in [0.29, 0.717) is 28.7 Å². The molecule has 2 N–H and O–H groups in total. The van der Waals surface area contributed by atoms with E-state index in [0.717, 1.165) is 32.3 Å².